The minimum Gasteiger partial charge on any atom is -0.391 e. The molecule has 1 saturated carbocycles. The van der Waals surface area contributed by atoms with Gasteiger partial charge < -0.3 is 20.3 Å². The Bertz CT molecular complexity index is 539. The van der Waals surface area contributed by atoms with Crippen LogP contribution in [-0.2, 0) is 19.4 Å². The lowest BCUT2D eigenvalue weighted by Gasteiger charge is -2.18. The molecule has 1 unspecified atom stereocenters. The summed E-state index contributed by atoms with van der Waals surface area (Å²) in [6.07, 6.45) is 9.38. The van der Waals surface area contributed by atoms with Crippen molar-refractivity contribution in [1.29, 1.82) is 0 Å². The van der Waals surface area contributed by atoms with Crippen LogP contribution in [0.1, 0.15) is 56.6 Å². The molecule has 24 heavy (non-hydrogen) atoms. The molecule has 1 aromatic heterocycles. The van der Waals surface area contributed by atoms with Gasteiger partial charge in [-0.25, -0.2) is 4.79 Å². The Morgan fingerprint density at radius 2 is 2.00 bits per heavy atom. The van der Waals surface area contributed by atoms with Gasteiger partial charge in [0.05, 0.1) is 6.10 Å². The van der Waals surface area contributed by atoms with Crippen LogP contribution in [0.5, 0.6) is 0 Å². The molecule has 0 aromatic carbocycles. The molecule has 1 aliphatic heterocycles. The smallest absolute Gasteiger partial charge is 0.314 e. The second kappa shape index (κ2) is 8.46. The summed E-state index contributed by atoms with van der Waals surface area (Å²) in [5.74, 6) is 2.38. The standard InChI is InChI=1S/C17H29N5O2/c23-14(13-6-3-4-7-13)12-19-17(24)18-10-9-16-21-20-15-8-2-1-5-11-22(15)16/h13-14,23H,1-12H2,(H2,18,19,24). The molecule has 2 heterocycles. The Balaban J connectivity index is 1.37. The number of hydrogen-bond acceptors (Lipinski definition) is 4. The maximum absolute atomic E-state index is 11.9. The molecule has 7 nitrogen and oxygen atoms in total. The van der Waals surface area contributed by atoms with Gasteiger partial charge >= 0.3 is 6.03 Å². The number of aliphatic hydroxyl groups is 1. The molecule has 3 rings (SSSR count). The third kappa shape index (κ3) is 4.47. The molecule has 7 heteroatoms. The van der Waals surface area contributed by atoms with E-state index in [0.29, 0.717) is 25.4 Å². The van der Waals surface area contributed by atoms with Crippen molar-refractivity contribution in [3.8, 4) is 0 Å². The topological polar surface area (TPSA) is 92.1 Å². The summed E-state index contributed by atoms with van der Waals surface area (Å²) in [4.78, 5) is 11.9. The van der Waals surface area contributed by atoms with Crippen LogP contribution < -0.4 is 10.6 Å². The molecule has 3 N–H and O–H groups in total. The van der Waals surface area contributed by atoms with Gasteiger partial charge in [0.15, 0.2) is 0 Å². The van der Waals surface area contributed by atoms with Gasteiger partial charge in [-0.1, -0.05) is 19.3 Å². The average molecular weight is 335 g/mol. The van der Waals surface area contributed by atoms with E-state index < -0.39 is 6.10 Å². The average Bonchev–Trinajstić information content (AvgIpc) is 3.18. The first-order valence-corrected chi connectivity index (χ1v) is 9.35. The largest absolute Gasteiger partial charge is 0.391 e. The fourth-order valence-electron chi connectivity index (χ4n) is 3.79. The Morgan fingerprint density at radius 3 is 2.83 bits per heavy atom. The second-order valence-electron chi connectivity index (χ2n) is 6.99. The molecule has 1 aromatic rings. The number of aryl methyl sites for hydroxylation is 1. The van der Waals surface area contributed by atoms with Crippen LogP contribution in [-0.4, -0.2) is 45.1 Å². The number of carbonyl (C=O) groups is 1. The van der Waals surface area contributed by atoms with Gasteiger partial charge in [-0.3, -0.25) is 0 Å². The van der Waals surface area contributed by atoms with Crippen LogP contribution >= 0.6 is 0 Å². The monoisotopic (exact) mass is 335 g/mol. The Hall–Kier alpha value is -1.63. The predicted molar refractivity (Wildman–Crippen MR) is 90.6 cm³/mol. The summed E-state index contributed by atoms with van der Waals surface area (Å²) in [7, 11) is 0. The van der Waals surface area contributed by atoms with E-state index in [-0.39, 0.29) is 6.03 Å². The molecule has 2 amide bonds. The lowest BCUT2D eigenvalue weighted by atomic mass is 10.0. The third-order valence-electron chi connectivity index (χ3n) is 5.24. The number of aromatic nitrogens is 3. The van der Waals surface area contributed by atoms with E-state index in [1.807, 2.05) is 0 Å². The van der Waals surface area contributed by atoms with Gasteiger partial charge in [0, 0.05) is 32.5 Å². The molecule has 0 saturated heterocycles. The first-order valence-electron chi connectivity index (χ1n) is 9.35. The number of aliphatic hydroxyl groups excluding tert-OH is 1. The zero-order valence-corrected chi connectivity index (χ0v) is 14.3. The molecule has 0 bridgehead atoms. The molecule has 0 spiro atoms. The van der Waals surface area contributed by atoms with E-state index in [2.05, 4.69) is 25.4 Å². The number of hydrogen-bond donors (Lipinski definition) is 3. The molecule has 2 aliphatic rings. The zero-order valence-electron chi connectivity index (χ0n) is 14.3. The van der Waals surface area contributed by atoms with Crippen LogP contribution in [0.2, 0.25) is 0 Å². The van der Waals surface area contributed by atoms with Gasteiger partial charge in [0.25, 0.3) is 0 Å². The van der Waals surface area contributed by atoms with Crippen molar-refractivity contribution in [1.82, 2.24) is 25.4 Å². The fourth-order valence-corrected chi connectivity index (χ4v) is 3.79. The van der Waals surface area contributed by atoms with Crippen LogP contribution in [0.4, 0.5) is 4.79 Å². The number of nitrogens with zero attached hydrogens (tertiary/aromatic N) is 3. The highest BCUT2D eigenvalue weighted by atomic mass is 16.3. The Labute approximate surface area is 143 Å². The van der Waals surface area contributed by atoms with Gasteiger partial charge in [-0.15, -0.1) is 10.2 Å². The van der Waals surface area contributed by atoms with E-state index in [4.69, 9.17) is 0 Å². The first kappa shape index (κ1) is 17.2. The lowest BCUT2D eigenvalue weighted by molar-refractivity contribution is 0.111. The Kier molecular flexibility index (Phi) is 6.07. The van der Waals surface area contributed by atoms with Gasteiger partial charge in [-0.2, -0.15) is 0 Å². The normalized spacial score (nSPS) is 19.5. The molecular weight excluding hydrogens is 306 g/mol. The van der Waals surface area contributed by atoms with E-state index in [1.165, 1.54) is 32.1 Å². The van der Waals surface area contributed by atoms with Gasteiger partial charge in [0.2, 0.25) is 0 Å². The minimum atomic E-state index is -0.425. The summed E-state index contributed by atoms with van der Waals surface area (Å²) in [6, 6.07) is -0.220. The maximum atomic E-state index is 11.9. The summed E-state index contributed by atoms with van der Waals surface area (Å²) in [5.41, 5.74) is 0. The highest BCUT2D eigenvalue weighted by Crippen LogP contribution is 2.27. The van der Waals surface area contributed by atoms with Crippen LogP contribution in [0.25, 0.3) is 0 Å². The van der Waals surface area contributed by atoms with Crippen molar-refractivity contribution < 1.29 is 9.90 Å². The van der Waals surface area contributed by atoms with Gasteiger partial charge in [-0.05, 0) is 31.6 Å². The zero-order chi connectivity index (χ0) is 16.8. The number of fused-ring (bicyclic) bond motifs is 1. The number of rotatable bonds is 6. The lowest BCUT2D eigenvalue weighted by Crippen LogP contribution is -2.42. The van der Waals surface area contributed by atoms with Crippen LogP contribution in [0.15, 0.2) is 0 Å². The van der Waals surface area contributed by atoms with Crippen molar-refractivity contribution in [3.63, 3.8) is 0 Å². The maximum Gasteiger partial charge on any atom is 0.314 e. The quantitative estimate of drug-likeness (QED) is 0.733. The van der Waals surface area contributed by atoms with Crippen molar-refractivity contribution in [2.45, 2.75) is 70.4 Å². The highest BCUT2D eigenvalue weighted by Gasteiger charge is 2.23. The number of urea groups is 1. The summed E-state index contributed by atoms with van der Waals surface area (Å²) < 4.78 is 2.20. The molecular formula is C17H29N5O2. The van der Waals surface area contributed by atoms with E-state index >= 15 is 0 Å². The SMILES string of the molecule is O=C(NCCc1nnc2n1CCCCC2)NCC(O)C1CCCC1. The van der Waals surface area contributed by atoms with Crippen molar-refractivity contribution in [2.75, 3.05) is 13.1 Å². The number of nitrogens with one attached hydrogen (secondary N) is 2. The van der Waals surface area contributed by atoms with Crippen molar-refractivity contribution >= 4 is 6.03 Å². The van der Waals surface area contributed by atoms with Gasteiger partial charge in [0.1, 0.15) is 11.6 Å². The van der Waals surface area contributed by atoms with E-state index in [1.54, 1.807) is 0 Å². The predicted octanol–water partition coefficient (Wildman–Crippen LogP) is 1.40. The summed E-state index contributed by atoms with van der Waals surface area (Å²) in [5, 5.41) is 24.2. The summed E-state index contributed by atoms with van der Waals surface area (Å²) in [6.45, 7) is 1.85. The van der Waals surface area contributed by atoms with E-state index in [9.17, 15) is 9.90 Å². The number of carbonyl (C=O) groups excluding carboxylic acids is 1. The van der Waals surface area contributed by atoms with E-state index in [0.717, 1.165) is 37.5 Å². The third-order valence-corrected chi connectivity index (χ3v) is 5.24. The molecule has 0 radical (unpaired) electrons. The van der Waals surface area contributed by atoms with Crippen molar-refractivity contribution in [2.24, 2.45) is 5.92 Å². The van der Waals surface area contributed by atoms with Crippen LogP contribution in [0, 0.1) is 5.92 Å². The minimum absolute atomic E-state index is 0.220. The fraction of sp³-hybridized carbons (Fsp3) is 0.824. The number of amides is 2. The molecule has 134 valence electrons. The highest BCUT2D eigenvalue weighted by molar-refractivity contribution is 5.73. The molecule has 1 atom stereocenters. The Morgan fingerprint density at radius 1 is 1.17 bits per heavy atom. The van der Waals surface area contributed by atoms with Crippen LogP contribution in [0.3, 0.4) is 0 Å². The second-order valence-corrected chi connectivity index (χ2v) is 6.99. The van der Waals surface area contributed by atoms with Crippen molar-refractivity contribution in [3.05, 3.63) is 11.6 Å². The first-order chi connectivity index (χ1) is 11.7. The molecule has 1 fully saturated rings. The summed E-state index contributed by atoms with van der Waals surface area (Å²) >= 11 is 0. The molecule has 1 aliphatic carbocycles.